The van der Waals surface area contributed by atoms with Gasteiger partial charge in [0, 0.05) is 6.04 Å². The molecule has 3 heteroatoms. The molecule has 2 atom stereocenters. The maximum absolute atomic E-state index is 3.40. The van der Waals surface area contributed by atoms with Crippen LogP contribution in [0, 0.1) is 0 Å². The summed E-state index contributed by atoms with van der Waals surface area (Å²) >= 11 is 0. The van der Waals surface area contributed by atoms with E-state index in [4.69, 9.17) is 0 Å². The Labute approximate surface area is 81.8 Å². The van der Waals surface area contributed by atoms with Crippen LogP contribution in [0.2, 0.25) is 0 Å². The molecule has 0 aliphatic carbocycles. The molecule has 0 aromatic rings. The van der Waals surface area contributed by atoms with Gasteiger partial charge in [0.2, 0.25) is 0 Å². The molecule has 1 aliphatic heterocycles. The molecule has 0 spiro atoms. The molecule has 1 heterocycles. The molecule has 1 saturated heterocycles. The fourth-order valence-corrected chi connectivity index (χ4v) is 1.70. The van der Waals surface area contributed by atoms with Crippen LogP contribution in [0.1, 0.15) is 46.5 Å². The van der Waals surface area contributed by atoms with Crippen LogP contribution in [0.25, 0.3) is 0 Å². The number of rotatable bonds is 5. The minimum absolute atomic E-state index is 0.439. The van der Waals surface area contributed by atoms with Gasteiger partial charge in [-0.2, -0.15) is 0 Å². The molecular formula is C10H23N3. The van der Waals surface area contributed by atoms with Gasteiger partial charge in [-0.15, -0.1) is 0 Å². The van der Waals surface area contributed by atoms with Crippen molar-refractivity contribution in [2.75, 3.05) is 6.67 Å². The number of hydrazine groups is 1. The van der Waals surface area contributed by atoms with Crippen LogP contribution >= 0.6 is 0 Å². The molecule has 0 aromatic carbocycles. The Morgan fingerprint density at radius 3 is 2.77 bits per heavy atom. The van der Waals surface area contributed by atoms with E-state index in [2.05, 4.69) is 36.5 Å². The summed E-state index contributed by atoms with van der Waals surface area (Å²) in [6.07, 6.45) is 5.77. The predicted molar refractivity (Wildman–Crippen MR) is 56.0 cm³/mol. The van der Waals surface area contributed by atoms with Crippen molar-refractivity contribution >= 4 is 0 Å². The number of hydrogen-bond donors (Lipinski definition) is 2. The lowest BCUT2D eigenvalue weighted by molar-refractivity contribution is 0.165. The molecule has 0 radical (unpaired) electrons. The van der Waals surface area contributed by atoms with E-state index in [1.54, 1.807) is 0 Å². The molecule has 13 heavy (non-hydrogen) atoms. The van der Waals surface area contributed by atoms with Crippen LogP contribution in [0.15, 0.2) is 0 Å². The van der Waals surface area contributed by atoms with E-state index in [9.17, 15) is 0 Å². The van der Waals surface area contributed by atoms with Gasteiger partial charge in [0.1, 0.15) is 0 Å². The lowest BCUT2D eigenvalue weighted by Crippen LogP contribution is -2.40. The Balaban J connectivity index is 2.12. The van der Waals surface area contributed by atoms with E-state index >= 15 is 0 Å². The zero-order chi connectivity index (χ0) is 9.68. The maximum atomic E-state index is 3.40. The van der Waals surface area contributed by atoms with Crippen molar-refractivity contribution in [1.29, 1.82) is 0 Å². The van der Waals surface area contributed by atoms with Gasteiger partial charge in [0.15, 0.2) is 0 Å². The number of unbranched alkanes of at least 4 members (excludes halogenated alkanes) is 2. The van der Waals surface area contributed by atoms with Gasteiger partial charge in [-0.05, 0) is 20.3 Å². The molecule has 0 amide bonds. The van der Waals surface area contributed by atoms with Crippen LogP contribution in [0.4, 0.5) is 0 Å². The summed E-state index contributed by atoms with van der Waals surface area (Å²) in [4.78, 5) is 0. The second kappa shape index (κ2) is 5.58. The summed E-state index contributed by atoms with van der Waals surface area (Å²) in [7, 11) is 0. The molecule has 2 N–H and O–H groups in total. The van der Waals surface area contributed by atoms with Crippen molar-refractivity contribution in [1.82, 2.24) is 15.8 Å². The molecule has 1 rings (SSSR count). The van der Waals surface area contributed by atoms with Crippen molar-refractivity contribution in [3.8, 4) is 0 Å². The summed E-state index contributed by atoms with van der Waals surface area (Å²) in [6, 6.07) is 0.656. The first kappa shape index (κ1) is 11.0. The Bertz CT molecular complexity index is 138. The van der Waals surface area contributed by atoms with Crippen molar-refractivity contribution in [2.24, 2.45) is 0 Å². The van der Waals surface area contributed by atoms with Crippen LogP contribution in [-0.2, 0) is 0 Å². The third-order valence-corrected chi connectivity index (χ3v) is 2.68. The molecular weight excluding hydrogens is 162 g/mol. The summed E-state index contributed by atoms with van der Waals surface area (Å²) in [6.45, 7) is 7.68. The largest absolute Gasteiger partial charge is 0.287 e. The van der Waals surface area contributed by atoms with E-state index < -0.39 is 0 Å². The molecule has 0 saturated carbocycles. The lowest BCUT2D eigenvalue weighted by atomic mass is 10.1. The second-order valence-corrected chi connectivity index (χ2v) is 4.03. The number of nitrogens with zero attached hydrogens (tertiary/aromatic N) is 1. The Hall–Kier alpha value is -0.120. The van der Waals surface area contributed by atoms with E-state index in [0.717, 1.165) is 6.67 Å². The van der Waals surface area contributed by atoms with Crippen molar-refractivity contribution in [3.63, 3.8) is 0 Å². The molecule has 3 nitrogen and oxygen atoms in total. The first-order valence-electron chi connectivity index (χ1n) is 5.50. The standard InChI is InChI=1S/C10H23N3/c1-4-5-6-7-9(2)13-8-11-10(3)12-13/h9-12H,4-8H2,1-3H3. The molecule has 0 aromatic heterocycles. The van der Waals surface area contributed by atoms with Gasteiger partial charge in [-0.25, -0.2) is 10.4 Å². The quantitative estimate of drug-likeness (QED) is 0.638. The fraction of sp³-hybridized carbons (Fsp3) is 1.00. The highest BCUT2D eigenvalue weighted by atomic mass is 15.6. The van der Waals surface area contributed by atoms with Crippen LogP contribution in [0.5, 0.6) is 0 Å². The second-order valence-electron chi connectivity index (χ2n) is 4.03. The van der Waals surface area contributed by atoms with Gasteiger partial charge >= 0.3 is 0 Å². The molecule has 2 unspecified atom stereocenters. The van der Waals surface area contributed by atoms with Gasteiger partial charge in [0.25, 0.3) is 0 Å². The van der Waals surface area contributed by atoms with E-state index in [1.807, 2.05) is 0 Å². The van der Waals surface area contributed by atoms with Gasteiger partial charge < -0.3 is 0 Å². The first-order chi connectivity index (χ1) is 6.24. The molecule has 0 bridgehead atoms. The number of nitrogens with one attached hydrogen (secondary N) is 2. The Morgan fingerprint density at radius 2 is 2.23 bits per heavy atom. The van der Waals surface area contributed by atoms with Gasteiger partial charge in [-0.3, -0.25) is 5.32 Å². The smallest absolute Gasteiger partial charge is 0.0688 e. The average molecular weight is 185 g/mol. The molecule has 1 fully saturated rings. The summed E-state index contributed by atoms with van der Waals surface area (Å²) < 4.78 is 0. The van der Waals surface area contributed by atoms with E-state index in [-0.39, 0.29) is 0 Å². The number of hydrogen-bond acceptors (Lipinski definition) is 3. The lowest BCUT2D eigenvalue weighted by Gasteiger charge is -2.23. The minimum atomic E-state index is 0.439. The summed E-state index contributed by atoms with van der Waals surface area (Å²) in [5.74, 6) is 0. The zero-order valence-corrected chi connectivity index (χ0v) is 9.14. The van der Waals surface area contributed by atoms with Crippen molar-refractivity contribution in [2.45, 2.75) is 58.7 Å². The normalized spacial score (nSPS) is 26.5. The van der Waals surface area contributed by atoms with Crippen LogP contribution in [-0.4, -0.2) is 23.9 Å². The monoisotopic (exact) mass is 185 g/mol. The van der Waals surface area contributed by atoms with Crippen molar-refractivity contribution < 1.29 is 0 Å². The Kier molecular flexibility index (Phi) is 4.70. The third-order valence-electron chi connectivity index (χ3n) is 2.68. The fourth-order valence-electron chi connectivity index (χ4n) is 1.70. The summed E-state index contributed by atoms with van der Waals surface area (Å²) in [5, 5.41) is 5.66. The average Bonchev–Trinajstić information content (AvgIpc) is 2.52. The van der Waals surface area contributed by atoms with Gasteiger partial charge in [0.05, 0.1) is 12.8 Å². The third kappa shape index (κ3) is 3.63. The molecule has 1 aliphatic rings. The maximum Gasteiger partial charge on any atom is 0.0688 e. The highest BCUT2D eigenvalue weighted by Gasteiger charge is 2.20. The SMILES string of the molecule is CCCCCC(C)N1CNC(C)N1. The summed E-state index contributed by atoms with van der Waals surface area (Å²) in [5.41, 5.74) is 3.40. The zero-order valence-electron chi connectivity index (χ0n) is 9.14. The van der Waals surface area contributed by atoms with Crippen LogP contribution < -0.4 is 10.7 Å². The topological polar surface area (TPSA) is 27.3 Å². The predicted octanol–water partition coefficient (Wildman–Crippen LogP) is 1.67. The van der Waals surface area contributed by atoms with E-state index in [1.165, 1.54) is 25.7 Å². The van der Waals surface area contributed by atoms with Gasteiger partial charge in [-0.1, -0.05) is 26.2 Å². The molecule has 78 valence electrons. The first-order valence-corrected chi connectivity index (χ1v) is 5.50. The van der Waals surface area contributed by atoms with Crippen molar-refractivity contribution in [3.05, 3.63) is 0 Å². The minimum Gasteiger partial charge on any atom is -0.287 e. The van der Waals surface area contributed by atoms with E-state index in [0.29, 0.717) is 12.2 Å². The van der Waals surface area contributed by atoms with Crippen LogP contribution in [0.3, 0.4) is 0 Å². The highest BCUT2D eigenvalue weighted by molar-refractivity contribution is 4.71. The Morgan fingerprint density at radius 1 is 1.46 bits per heavy atom. The highest BCUT2D eigenvalue weighted by Crippen LogP contribution is 2.09.